The van der Waals surface area contributed by atoms with Crippen LogP contribution in [0.3, 0.4) is 0 Å². The van der Waals surface area contributed by atoms with Crippen LogP contribution < -0.4 is 4.90 Å². The van der Waals surface area contributed by atoms with Gasteiger partial charge in [-0.3, -0.25) is 20.2 Å². The van der Waals surface area contributed by atoms with Crippen molar-refractivity contribution in [2.45, 2.75) is 19.4 Å². The zero-order valence-corrected chi connectivity index (χ0v) is 14.4. The molecule has 0 amide bonds. The number of ether oxygens (including phenoxy) is 1. The Balaban J connectivity index is 1.86. The zero-order chi connectivity index (χ0) is 19.4. The molecule has 0 aromatic heterocycles. The van der Waals surface area contributed by atoms with Crippen molar-refractivity contribution in [3.63, 3.8) is 0 Å². The number of nitro benzene ring substituents is 2. The molecule has 1 heterocycles. The van der Waals surface area contributed by atoms with Gasteiger partial charge < -0.3 is 9.64 Å². The first-order valence-corrected chi connectivity index (χ1v) is 8.40. The van der Waals surface area contributed by atoms with Gasteiger partial charge in [0, 0.05) is 31.3 Å². The molecule has 1 aliphatic rings. The Hall–Kier alpha value is -3.49. The lowest BCUT2D eigenvalue weighted by molar-refractivity contribution is -0.385. The van der Waals surface area contributed by atoms with Crippen LogP contribution in [0.15, 0.2) is 42.5 Å². The van der Waals surface area contributed by atoms with Gasteiger partial charge in [-0.05, 0) is 25.0 Å². The van der Waals surface area contributed by atoms with Crippen LogP contribution in [0.1, 0.15) is 28.8 Å². The van der Waals surface area contributed by atoms with Gasteiger partial charge in [-0.1, -0.05) is 12.1 Å². The van der Waals surface area contributed by atoms with Crippen molar-refractivity contribution in [1.29, 1.82) is 0 Å². The van der Waals surface area contributed by atoms with E-state index in [1.165, 1.54) is 30.3 Å². The van der Waals surface area contributed by atoms with Crippen LogP contribution in [-0.4, -0.2) is 28.9 Å². The summed E-state index contributed by atoms with van der Waals surface area (Å²) in [4.78, 5) is 35.6. The number of esters is 1. The molecule has 2 aromatic carbocycles. The molecule has 1 aliphatic heterocycles. The van der Waals surface area contributed by atoms with Crippen LogP contribution >= 0.6 is 0 Å². The second-order valence-corrected chi connectivity index (χ2v) is 6.11. The minimum Gasteiger partial charge on any atom is -0.457 e. The van der Waals surface area contributed by atoms with Crippen molar-refractivity contribution >= 4 is 23.0 Å². The third kappa shape index (κ3) is 4.02. The van der Waals surface area contributed by atoms with E-state index in [9.17, 15) is 25.0 Å². The van der Waals surface area contributed by atoms with Crippen molar-refractivity contribution in [2.24, 2.45) is 0 Å². The van der Waals surface area contributed by atoms with Crippen molar-refractivity contribution < 1.29 is 19.4 Å². The quantitative estimate of drug-likeness (QED) is 0.434. The van der Waals surface area contributed by atoms with Gasteiger partial charge in [-0.25, -0.2) is 4.79 Å². The maximum Gasteiger partial charge on any atom is 0.340 e. The van der Waals surface area contributed by atoms with Gasteiger partial charge in [0.1, 0.15) is 6.61 Å². The van der Waals surface area contributed by atoms with E-state index in [-0.39, 0.29) is 29.1 Å². The molecule has 27 heavy (non-hydrogen) atoms. The lowest BCUT2D eigenvalue weighted by Gasteiger charge is -2.20. The fourth-order valence-electron chi connectivity index (χ4n) is 3.07. The maximum atomic E-state index is 12.6. The van der Waals surface area contributed by atoms with Crippen molar-refractivity contribution in [2.75, 3.05) is 18.0 Å². The van der Waals surface area contributed by atoms with Gasteiger partial charge in [0.2, 0.25) is 0 Å². The number of para-hydroxylation sites is 1. The Morgan fingerprint density at radius 3 is 2.41 bits per heavy atom. The van der Waals surface area contributed by atoms with E-state index in [0.29, 0.717) is 5.69 Å². The standard InChI is InChI=1S/C18H17N3O6/c22-18(27-12-13-5-1-2-6-16(13)21(25)26)15-11-14(20(23)24)7-8-17(15)19-9-3-4-10-19/h1-2,5-8,11H,3-4,9-10,12H2. The SMILES string of the molecule is O=C(OCc1ccccc1[N+](=O)[O-])c1cc([N+](=O)[O-])ccc1N1CCCC1. The van der Waals surface area contributed by atoms with E-state index in [1.54, 1.807) is 12.1 Å². The normalized spacial score (nSPS) is 13.4. The molecule has 3 rings (SSSR count). The monoisotopic (exact) mass is 371 g/mol. The summed E-state index contributed by atoms with van der Waals surface area (Å²) >= 11 is 0. The summed E-state index contributed by atoms with van der Waals surface area (Å²) in [5, 5.41) is 22.1. The minimum atomic E-state index is -0.751. The smallest absolute Gasteiger partial charge is 0.340 e. The number of carbonyl (C=O) groups is 1. The average Bonchev–Trinajstić information content (AvgIpc) is 3.20. The molecular weight excluding hydrogens is 354 g/mol. The molecule has 9 nitrogen and oxygen atoms in total. The highest BCUT2D eigenvalue weighted by atomic mass is 16.6. The summed E-state index contributed by atoms with van der Waals surface area (Å²) in [6, 6.07) is 10.0. The van der Waals surface area contributed by atoms with E-state index in [4.69, 9.17) is 4.74 Å². The molecule has 1 saturated heterocycles. The lowest BCUT2D eigenvalue weighted by atomic mass is 10.1. The highest BCUT2D eigenvalue weighted by Crippen LogP contribution is 2.29. The van der Waals surface area contributed by atoms with Crippen LogP contribution in [0.5, 0.6) is 0 Å². The number of hydrogen-bond acceptors (Lipinski definition) is 7. The topological polar surface area (TPSA) is 116 Å². The molecule has 0 spiro atoms. The Kier molecular flexibility index (Phi) is 5.30. The lowest BCUT2D eigenvalue weighted by Crippen LogP contribution is -2.21. The number of nitrogens with zero attached hydrogens (tertiary/aromatic N) is 3. The van der Waals surface area contributed by atoms with Crippen molar-refractivity contribution in [1.82, 2.24) is 0 Å². The third-order valence-electron chi connectivity index (χ3n) is 4.40. The van der Waals surface area contributed by atoms with Gasteiger partial charge in [0.15, 0.2) is 0 Å². The molecule has 0 atom stereocenters. The first-order valence-electron chi connectivity index (χ1n) is 8.40. The third-order valence-corrected chi connectivity index (χ3v) is 4.40. The van der Waals surface area contributed by atoms with Crippen molar-refractivity contribution in [3.8, 4) is 0 Å². The van der Waals surface area contributed by atoms with Crippen LogP contribution in [0.25, 0.3) is 0 Å². The summed E-state index contributed by atoms with van der Waals surface area (Å²) < 4.78 is 5.25. The largest absolute Gasteiger partial charge is 0.457 e. The Bertz CT molecular complexity index is 892. The maximum absolute atomic E-state index is 12.6. The summed E-state index contributed by atoms with van der Waals surface area (Å²) in [6.07, 6.45) is 1.95. The molecule has 0 aliphatic carbocycles. The number of anilines is 1. The molecule has 0 radical (unpaired) electrons. The van der Waals surface area contributed by atoms with E-state index >= 15 is 0 Å². The van der Waals surface area contributed by atoms with Crippen LogP contribution in [-0.2, 0) is 11.3 Å². The second-order valence-electron chi connectivity index (χ2n) is 6.11. The number of nitro groups is 2. The van der Waals surface area contributed by atoms with Crippen molar-refractivity contribution in [3.05, 3.63) is 73.8 Å². The molecule has 0 bridgehead atoms. The molecule has 2 aromatic rings. The zero-order valence-electron chi connectivity index (χ0n) is 14.4. The fraction of sp³-hybridized carbons (Fsp3) is 0.278. The van der Waals surface area contributed by atoms with E-state index in [2.05, 4.69) is 0 Å². The predicted octanol–water partition coefficient (Wildman–Crippen LogP) is 3.46. The Morgan fingerprint density at radius 2 is 1.74 bits per heavy atom. The Morgan fingerprint density at radius 1 is 1.04 bits per heavy atom. The van der Waals surface area contributed by atoms with Gasteiger partial charge in [0.05, 0.1) is 26.7 Å². The van der Waals surface area contributed by atoms with Crippen LogP contribution in [0.2, 0.25) is 0 Å². The molecule has 0 unspecified atom stereocenters. The molecular formula is C18H17N3O6. The Labute approximate surface area is 154 Å². The van der Waals surface area contributed by atoms with Gasteiger partial charge in [0.25, 0.3) is 11.4 Å². The first kappa shape index (κ1) is 18.3. The number of carbonyl (C=O) groups excluding carboxylic acids is 1. The highest BCUT2D eigenvalue weighted by molar-refractivity contribution is 5.96. The number of non-ortho nitro benzene ring substituents is 1. The number of hydrogen-bond donors (Lipinski definition) is 0. The predicted molar refractivity (Wildman–Crippen MR) is 96.8 cm³/mol. The molecule has 9 heteroatoms. The van der Waals surface area contributed by atoms with Gasteiger partial charge >= 0.3 is 5.97 Å². The van der Waals surface area contributed by atoms with Gasteiger partial charge in [-0.2, -0.15) is 0 Å². The van der Waals surface area contributed by atoms with Crippen LogP contribution in [0.4, 0.5) is 17.1 Å². The molecule has 0 N–H and O–H groups in total. The van der Waals surface area contributed by atoms with Gasteiger partial charge in [-0.15, -0.1) is 0 Å². The number of rotatable bonds is 6. The van der Waals surface area contributed by atoms with E-state index < -0.39 is 15.8 Å². The summed E-state index contributed by atoms with van der Waals surface area (Å²) in [7, 11) is 0. The fourth-order valence-corrected chi connectivity index (χ4v) is 3.07. The minimum absolute atomic E-state index is 0.0877. The van der Waals surface area contributed by atoms with Crippen LogP contribution in [0, 0.1) is 20.2 Å². The molecule has 1 fully saturated rings. The average molecular weight is 371 g/mol. The second kappa shape index (κ2) is 7.81. The summed E-state index contributed by atoms with van der Waals surface area (Å²) in [5.74, 6) is -0.751. The highest BCUT2D eigenvalue weighted by Gasteiger charge is 2.24. The summed E-state index contributed by atoms with van der Waals surface area (Å²) in [6.45, 7) is 1.21. The molecule has 0 saturated carbocycles. The first-order chi connectivity index (χ1) is 13.0. The number of benzene rings is 2. The molecule has 140 valence electrons. The van der Waals surface area contributed by atoms with E-state index in [1.807, 2.05) is 4.90 Å². The summed E-state index contributed by atoms with van der Waals surface area (Å²) in [5.41, 5.74) is 0.555. The van der Waals surface area contributed by atoms with E-state index in [0.717, 1.165) is 25.9 Å².